The van der Waals surface area contributed by atoms with Crippen molar-refractivity contribution in [3.8, 4) is 16.3 Å². The number of fused-ring (bicyclic) bond motifs is 2. The molecule has 2 aromatic carbocycles. The highest BCUT2D eigenvalue weighted by molar-refractivity contribution is 7.18. The van der Waals surface area contributed by atoms with Crippen molar-refractivity contribution in [2.45, 2.75) is 50.6 Å². The van der Waals surface area contributed by atoms with Crippen LogP contribution in [0.2, 0.25) is 0 Å². The summed E-state index contributed by atoms with van der Waals surface area (Å²) in [5.74, 6) is 1.03. The highest BCUT2D eigenvalue weighted by Crippen LogP contribution is 2.44. The van der Waals surface area contributed by atoms with E-state index >= 15 is 0 Å². The van der Waals surface area contributed by atoms with Crippen LogP contribution in [0.25, 0.3) is 26.5 Å². The summed E-state index contributed by atoms with van der Waals surface area (Å²) in [5.41, 5.74) is 5.01. The molecule has 2 aliphatic rings. The molecule has 6 aromatic rings. The average Bonchev–Trinajstić information content (AvgIpc) is 3.83. The molecule has 2 saturated heterocycles. The van der Waals surface area contributed by atoms with Crippen LogP contribution in [0.1, 0.15) is 40.7 Å². The number of rotatable bonds is 5. The lowest BCUT2D eigenvalue weighted by atomic mass is 9.91. The van der Waals surface area contributed by atoms with Crippen LogP contribution in [-0.2, 0) is 14.2 Å². The van der Waals surface area contributed by atoms with E-state index in [1.54, 1.807) is 32.4 Å². The first-order chi connectivity index (χ1) is 21.0. The van der Waals surface area contributed by atoms with Crippen LogP contribution < -0.4 is 0 Å². The zero-order valence-electron chi connectivity index (χ0n) is 23.1. The lowest BCUT2D eigenvalue weighted by molar-refractivity contribution is -0.319. The molecule has 0 spiro atoms. The van der Waals surface area contributed by atoms with Crippen molar-refractivity contribution < 1.29 is 19.3 Å². The van der Waals surface area contributed by atoms with Gasteiger partial charge in [-0.1, -0.05) is 35.5 Å². The van der Waals surface area contributed by atoms with E-state index in [1.807, 2.05) is 68.6 Å². The van der Waals surface area contributed by atoms with Gasteiger partial charge in [-0.05, 0) is 32.0 Å². The number of hydrogen-bond donors (Lipinski definition) is 1. The van der Waals surface area contributed by atoms with E-state index in [1.165, 1.54) is 11.3 Å². The topological polar surface area (TPSA) is 135 Å². The maximum absolute atomic E-state index is 12.1. The third kappa shape index (κ3) is 4.76. The van der Waals surface area contributed by atoms with Gasteiger partial charge in [0, 0.05) is 11.8 Å². The summed E-state index contributed by atoms with van der Waals surface area (Å²) in [4.78, 5) is 14.4. The molecule has 14 heteroatoms. The first-order valence-corrected chi connectivity index (χ1v) is 15.5. The smallest absolute Gasteiger partial charge is 0.184 e. The minimum atomic E-state index is -1.11. The van der Waals surface area contributed by atoms with Gasteiger partial charge in [0.25, 0.3) is 0 Å². The van der Waals surface area contributed by atoms with Gasteiger partial charge in [0.15, 0.2) is 12.1 Å². The Morgan fingerprint density at radius 2 is 1.93 bits per heavy atom. The minimum absolute atomic E-state index is 0.250. The van der Waals surface area contributed by atoms with Crippen molar-refractivity contribution in [2.24, 2.45) is 0 Å². The fourth-order valence-electron chi connectivity index (χ4n) is 5.76. The summed E-state index contributed by atoms with van der Waals surface area (Å²) in [7, 11) is 0. The third-order valence-corrected chi connectivity index (χ3v) is 9.39. The number of nitrogens with zero attached hydrogens (tertiary/aromatic N) is 8. The number of thiazole rings is 2. The van der Waals surface area contributed by atoms with Crippen LogP contribution in [0, 0.1) is 13.8 Å². The summed E-state index contributed by atoms with van der Waals surface area (Å²) < 4.78 is 23.7. The van der Waals surface area contributed by atoms with E-state index in [-0.39, 0.29) is 6.61 Å². The van der Waals surface area contributed by atoms with Crippen molar-refractivity contribution in [1.29, 1.82) is 0 Å². The molecule has 0 aliphatic carbocycles. The Hall–Kier alpha value is -3.92. The maximum atomic E-state index is 12.1. The Bertz CT molecular complexity index is 1890. The van der Waals surface area contributed by atoms with E-state index in [9.17, 15) is 5.11 Å². The molecule has 6 heterocycles. The second-order valence-electron chi connectivity index (χ2n) is 10.5. The molecule has 12 nitrogen and oxygen atoms in total. The second kappa shape index (κ2) is 10.7. The zero-order valence-corrected chi connectivity index (χ0v) is 24.7. The molecular formula is C29H26N8O4S2. The predicted molar refractivity (Wildman–Crippen MR) is 158 cm³/mol. The van der Waals surface area contributed by atoms with Gasteiger partial charge < -0.3 is 19.3 Å². The molecule has 0 radical (unpaired) electrons. The highest BCUT2D eigenvalue weighted by Gasteiger charge is 2.52. The highest BCUT2D eigenvalue weighted by atomic mass is 32.1. The van der Waals surface area contributed by atoms with E-state index in [0.29, 0.717) is 17.3 Å². The van der Waals surface area contributed by atoms with Gasteiger partial charge >= 0.3 is 0 Å². The number of hydrogen-bond acceptors (Lipinski definition) is 12. The summed E-state index contributed by atoms with van der Waals surface area (Å²) >= 11 is 3.08. The van der Waals surface area contributed by atoms with Gasteiger partial charge in [-0.15, -0.1) is 27.8 Å². The predicted octanol–water partition coefficient (Wildman–Crippen LogP) is 4.37. The summed E-state index contributed by atoms with van der Waals surface area (Å²) in [6.07, 6.45) is -0.142. The van der Waals surface area contributed by atoms with Gasteiger partial charge in [-0.2, -0.15) is 5.10 Å². The number of benzene rings is 2. The Kier molecular flexibility index (Phi) is 6.62. The van der Waals surface area contributed by atoms with Crippen LogP contribution >= 0.6 is 22.7 Å². The SMILES string of the molecule is Cc1nc([C@@H]2OC3COC(c4ccccc4)O[C@@H]3C(n3cc(-c4cncs4)nn3)C2O)n(-c2ccc3nc(C)sc3c2)n1. The summed E-state index contributed by atoms with van der Waals surface area (Å²) in [6, 6.07) is 15.0. The number of ether oxygens (including phenoxy) is 3. The fraction of sp³-hybridized carbons (Fsp3) is 0.310. The molecule has 1 N–H and O–H groups in total. The lowest BCUT2D eigenvalue weighted by Crippen LogP contribution is -2.57. The molecule has 2 fully saturated rings. The molecule has 0 amide bonds. The molecule has 218 valence electrons. The van der Waals surface area contributed by atoms with Crippen LogP contribution in [0.5, 0.6) is 0 Å². The average molecular weight is 615 g/mol. The number of aliphatic hydroxyl groups is 1. The molecule has 4 aromatic heterocycles. The standard InChI is InChI=1S/C29H26N8O4S2/c1-15-31-28(37(34-15)18-8-9-19-22(10-18)43-16(2)32-19)27-25(38)24(36-12-20(33-35-36)23-11-30-14-42-23)26-21(40-27)13-39-29(41-26)17-6-4-3-5-7-17/h3-12,14,21,24-27,29,38H,13H2,1-2H3/t21?,24?,25?,26-,27+,29?/m0/s1. The van der Waals surface area contributed by atoms with Crippen molar-refractivity contribution in [2.75, 3.05) is 6.61 Å². The zero-order chi connectivity index (χ0) is 29.1. The van der Waals surface area contributed by atoms with Crippen LogP contribution in [0.4, 0.5) is 0 Å². The summed E-state index contributed by atoms with van der Waals surface area (Å²) in [6.45, 7) is 4.06. The van der Waals surface area contributed by atoms with Crippen LogP contribution in [0.15, 0.2) is 66.4 Å². The quantitative estimate of drug-likeness (QED) is 0.298. The second-order valence-corrected chi connectivity index (χ2v) is 12.6. The van der Waals surface area contributed by atoms with E-state index < -0.39 is 36.7 Å². The first-order valence-electron chi connectivity index (χ1n) is 13.8. The van der Waals surface area contributed by atoms with Gasteiger partial charge in [0.05, 0.1) is 44.1 Å². The van der Waals surface area contributed by atoms with Gasteiger partial charge in [-0.3, -0.25) is 4.98 Å². The molecular weight excluding hydrogens is 589 g/mol. The Labute approximate surface area is 253 Å². The Morgan fingerprint density at radius 3 is 2.77 bits per heavy atom. The Balaban J connectivity index is 1.19. The molecule has 8 rings (SSSR count). The van der Waals surface area contributed by atoms with Crippen molar-refractivity contribution in [3.05, 3.63) is 88.7 Å². The van der Waals surface area contributed by atoms with Crippen LogP contribution in [-0.4, -0.2) is 69.8 Å². The monoisotopic (exact) mass is 614 g/mol. The summed E-state index contributed by atoms with van der Waals surface area (Å²) in [5, 5.41) is 26.6. The minimum Gasteiger partial charge on any atom is -0.388 e. The molecule has 6 atom stereocenters. The van der Waals surface area contributed by atoms with Gasteiger partial charge in [-0.25, -0.2) is 19.3 Å². The van der Waals surface area contributed by atoms with E-state index in [2.05, 4.69) is 20.3 Å². The lowest BCUT2D eigenvalue weighted by Gasteiger charge is -2.47. The number of aliphatic hydroxyl groups excluding tert-OH is 1. The van der Waals surface area contributed by atoms with E-state index in [4.69, 9.17) is 24.3 Å². The first kappa shape index (κ1) is 26.7. The fourth-order valence-corrected chi connectivity index (χ4v) is 7.19. The van der Waals surface area contributed by atoms with Gasteiger partial charge in [0.1, 0.15) is 42.0 Å². The van der Waals surface area contributed by atoms with Gasteiger partial charge in [0.2, 0.25) is 0 Å². The Morgan fingerprint density at radius 1 is 1.05 bits per heavy atom. The van der Waals surface area contributed by atoms with Crippen LogP contribution in [0.3, 0.4) is 0 Å². The molecule has 2 aliphatic heterocycles. The maximum Gasteiger partial charge on any atom is 0.184 e. The van der Waals surface area contributed by atoms with Crippen molar-refractivity contribution in [3.63, 3.8) is 0 Å². The van der Waals surface area contributed by atoms with E-state index in [0.717, 1.165) is 31.4 Å². The third-order valence-electron chi connectivity index (χ3n) is 7.67. The normalized spacial score (nSPS) is 25.7. The molecule has 0 bridgehead atoms. The number of aryl methyl sites for hydroxylation is 2. The number of aromatic nitrogens is 8. The molecule has 43 heavy (non-hydrogen) atoms. The van der Waals surface area contributed by atoms with Crippen molar-refractivity contribution >= 4 is 32.9 Å². The molecule has 4 unspecified atom stereocenters. The largest absolute Gasteiger partial charge is 0.388 e. The van der Waals surface area contributed by atoms with Crippen molar-refractivity contribution in [1.82, 2.24) is 39.7 Å². The molecule has 0 saturated carbocycles.